The molecule has 5 heteroatoms. The summed E-state index contributed by atoms with van der Waals surface area (Å²) in [5.41, 5.74) is 0.356. The smallest absolute Gasteiger partial charge is 0.273 e. The Labute approximate surface area is 81.8 Å². The normalized spacial score (nSPS) is 21.1. The van der Waals surface area contributed by atoms with E-state index in [-0.39, 0.29) is 11.9 Å². The highest BCUT2D eigenvalue weighted by Crippen LogP contribution is 2.03. The van der Waals surface area contributed by atoms with E-state index in [9.17, 15) is 4.79 Å². The number of nitrogens with one attached hydrogen (secondary N) is 2. The molecule has 1 aliphatic rings. The average molecular weight is 195 g/mol. The van der Waals surface area contributed by atoms with Gasteiger partial charge < -0.3 is 15.2 Å². The molecule has 1 amide bonds. The number of aromatic nitrogens is 1. The molecule has 0 unspecified atom stereocenters. The Hall–Kier alpha value is -1.36. The standard InChI is InChI=1S/C9H13N3O2/c1-6-4-8(12-14-6)9(13)11-7-2-3-10-5-7/h4,7,10H,2-3,5H2,1H3,(H,11,13)/t7-/m1/s1. The van der Waals surface area contributed by atoms with Gasteiger partial charge in [-0.1, -0.05) is 5.16 Å². The number of carbonyl (C=O) groups is 1. The first-order valence-electron chi connectivity index (χ1n) is 4.70. The van der Waals surface area contributed by atoms with Gasteiger partial charge in [-0.3, -0.25) is 4.79 Å². The number of hydrogen-bond donors (Lipinski definition) is 2. The van der Waals surface area contributed by atoms with Crippen molar-refractivity contribution in [1.82, 2.24) is 15.8 Å². The first kappa shape index (κ1) is 9.21. The summed E-state index contributed by atoms with van der Waals surface area (Å²) >= 11 is 0. The second-order valence-corrected chi connectivity index (χ2v) is 3.49. The molecule has 2 heterocycles. The molecule has 0 saturated carbocycles. The Morgan fingerprint density at radius 2 is 2.64 bits per heavy atom. The van der Waals surface area contributed by atoms with Gasteiger partial charge >= 0.3 is 0 Å². The second-order valence-electron chi connectivity index (χ2n) is 3.49. The van der Waals surface area contributed by atoms with Crippen molar-refractivity contribution in [1.29, 1.82) is 0 Å². The third-order valence-electron chi connectivity index (χ3n) is 2.26. The van der Waals surface area contributed by atoms with E-state index in [2.05, 4.69) is 15.8 Å². The largest absolute Gasteiger partial charge is 0.361 e. The Morgan fingerprint density at radius 1 is 1.79 bits per heavy atom. The van der Waals surface area contributed by atoms with Gasteiger partial charge in [-0.25, -0.2) is 0 Å². The minimum Gasteiger partial charge on any atom is -0.361 e. The van der Waals surface area contributed by atoms with Crippen LogP contribution in [0.2, 0.25) is 0 Å². The highest BCUT2D eigenvalue weighted by atomic mass is 16.5. The quantitative estimate of drug-likeness (QED) is 0.701. The van der Waals surface area contributed by atoms with E-state index < -0.39 is 0 Å². The fourth-order valence-corrected chi connectivity index (χ4v) is 1.51. The van der Waals surface area contributed by atoms with E-state index in [0.717, 1.165) is 19.5 Å². The topological polar surface area (TPSA) is 67.2 Å². The number of hydrogen-bond acceptors (Lipinski definition) is 4. The predicted molar refractivity (Wildman–Crippen MR) is 50.0 cm³/mol. The Balaban J connectivity index is 1.95. The Kier molecular flexibility index (Phi) is 2.49. The van der Waals surface area contributed by atoms with Gasteiger partial charge in [0.1, 0.15) is 5.76 Å². The van der Waals surface area contributed by atoms with E-state index in [4.69, 9.17) is 4.52 Å². The molecule has 1 aromatic rings. The summed E-state index contributed by atoms with van der Waals surface area (Å²) in [4.78, 5) is 11.6. The number of carbonyl (C=O) groups excluding carboxylic acids is 1. The maximum Gasteiger partial charge on any atom is 0.273 e. The van der Waals surface area contributed by atoms with Gasteiger partial charge in [0, 0.05) is 18.7 Å². The molecule has 0 aromatic carbocycles. The van der Waals surface area contributed by atoms with E-state index >= 15 is 0 Å². The van der Waals surface area contributed by atoms with Crippen molar-refractivity contribution >= 4 is 5.91 Å². The van der Waals surface area contributed by atoms with Gasteiger partial charge in [0.15, 0.2) is 5.69 Å². The molecule has 1 saturated heterocycles. The summed E-state index contributed by atoms with van der Waals surface area (Å²) in [5.74, 6) is 0.496. The predicted octanol–water partition coefficient (Wildman–Crippen LogP) is 0.0747. The summed E-state index contributed by atoms with van der Waals surface area (Å²) in [6.07, 6.45) is 0.975. The lowest BCUT2D eigenvalue weighted by Crippen LogP contribution is -2.36. The van der Waals surface area contributed by atoms with Crippen LogP contribution < -0.4 is 10.6 Å². The first-order chi connectivity index (χ1) is 6.75. The lowest BCUT2D eigenvalue weighted by molar-refractivity contribution is 0.0931. The van der Waals surface area contributed by atoms with Crippen molar-refractivity contribution in [3.05, 3.63) is 17.5 Å². The van der Waals surface area contributed by atoms with Gasteiger partial charge in [0.2, 0.25) is 0 Å². The van der Waals surface area contributed by atoms with Crippen LogP contribution in [0.5, 0.6) is 0 Å². The zero-order valence-electron chi connectivity index (χ0n) is 8.04. The molecule has 1 atom stereocenters. The van der Waals surface area contributed by atoms with Crippen LogP contribution in [0, 0.1) is 6.92 Å². The fourth-order valence-electron chi connectivity index (χ4n) is 1.51. The maximum absolute atomic E-state index is 11.6. The molecule has 0 radical (unpaired) electrons. The molecule has 0 spiro atoms. The van der Waals surface area contributed by atoms with Crippen LogP contribution in [0.1, 0.15) is 22.7 Å². The first-order valence-corrected chi connectivity index (χ1v) is 4.70. The second kappa shape index (κ2) is 3.79. The Bertz CT molecular complexity index is 329. The molecule has 0 aliphatic carbocycles. The van der Waals surface area contributed by atoms with Crippen LogP contribution in [0.25, 0.3) is 0 Å². The number of rotatable bonds is 2. The van der Waals surface area contributed by atoms with Crippen molar-refractivity contribution in [2.24, 2.45) is 0 Å². The van der Waals surface area contributed by atoms with Gasteiger partial charge in [-0.2, -0.15) is 0 Å². The van der Waals surface area contributed by atoms with Crippen LogP contribution in [-0.4, -0.2) is 30.2 Å². The van der Waals surface area contributed by atoms with Crippen molar-refractivity contribution in [2.45, 2.75) is 19.4 Å². The van der Waals surface area contributed by atoms with Crippen LogP contribution in [0.15, 0.2) is 10.6 Å². The van der Waals surface area contributed by atoms with Crippen molar-refractivity contribution < 1.29 is 9.32 Å². The monoisotopic (exact) mass is 195 g/mol. The van der Waals surface area contributed by atoms with Gasteiger partial charge in [0.05, 0.1) is 0 Å². The third kappa shape index (κ3) is 1.93. The highest BCUT2D eigenvalue weighted by Gasteiger charge is 2.19. The summed E-state index contributed by atoms with van der Waals surface area (Å²) in [6, 6.07) is 1.86. The van der Waals surface area contributed by atoms with Gasteiger partial charge in [-0.05, 0) is 19.9 Å². The van der Waals surface area contributed by atoms with E-state index in [1.807, 2.05) is 0 Å². The van der Waals surface area contributed by atoms with E-state index in [0.29, 0.717) is 11.5 Å². The lowest BCUT2D eigenvalue weighted by atomic mass is 10.2. The minimum absolute atomic E-state index is 0.157. The van der Waals surface area contributed by atoms with Crippen LogP contribution in [-0.2, 0) is 0 Å². The molecule has 76 valence electrons. The van der Waals surface area contributed by atoms with E-state index in [1.54, 1.807) is 13.0 Å². The van der Waals surface area contributed by atoms with Gasteiger partial charge in [-0.15, -0.1) is 0 Å². The maximum atomic E-state index is 11.6. The molecule has 14 heavy (non-hydrogen) atoms. The Morgan fingerprint density at radius 3 is 3.21 bits per heavy atom. The number of amides is 1. The van der Waals surface area contributed by atoms with Crippen LogP contribution >= 0.6 is 0 Å². The zero-order valence-corrected chi connectivity index (χ0v) is 8.04. The molecule has 2 rings (SSSR count). The molecular weight excluding hydrogens is 182 g/mol. The van der Waals surface area contributed by atoms with Crippen molar-refractivity contribution in [3.8, 4) is 0 Å². The molecule has 1 aliphatic heterocycles. The SMILES string of the molecule is Cc1cc(C(=O)N[C@@H]2CCNC2)no1. The van der Waals surface area contributed by atoms with Crippen molar-refractivity contribution in [3.63, 3.8) is 0 Å². The number of nitrogens with zero attached hydrogens (tertiary/aromatic N) is 1. The minimum atomic E-state index is -0.157. The molecule has 1 fully saturated rings. The molecule has 1 aromatic heterocycles. The average Bonchev–Trinajstić information content (AvgIpc) is 2.75. The van der Waals surface area contributed by atoms with Gasteiger partial charge in [0.25, 0.3) is 5.91 Å². The lowest BCUT2D eigenvalue weighted by Gasteiger charge is -2.08. The van der Waals surface area contributed by atoms with E-state index in [1.165, 1.54) is 0 Å². The fraction of sp³-hybridized carbons (Fsp3) is 0.556. The third-order valence-corrected chi connectivity index (χ3v) is 2.26. The molecule has 2 N–H and O–H groups in total. The summed E-state index contributed by atoms with van der Waals surface area (Å²) in [7, 11) is 0. The van der Waals surface area contributed by atoms with Crippen molar-refractivity contribution in [2.75, 3.05) is 13.1 Å². The summed E-state index contributed by atoms with van der Waals surface area (Å²) in [5, 5.41) is 9.71. The summed E-state index contributed by atoms with van der Waals surface area (Å²) < 4.78 is 4.82. The van der Waals surface area contributed by atoms with Crippen LogP contribution in [0.3, 0.4) is 0 Å². The molecule has 5 nitrogen and oxygen atoms in total. The van der Waals surface area contributed by atoms with Crippen LogP contribution in [0.4, 0.5) is 0 Å². The molecular formula is C9H13N3O2. The molecule has 0 bridgehead atoms. The zero-order chi connectivity index (χ0) is 9.97. The highest BCUT2D eigenvalue weighted by molar-refractivity contribution is 5.92. The number of aryl methyl sites for hydroxylation is 1. The summed E-state index contributed by atoms with van der Waals surface area (Å²) in [6.45, 7) is 3.56.